The van der Waals surface area contributed by atoms with Gasteiger partial charge in [-0.25, -0.2) is 4.98 Å². The fourth-order valence-electron chi connectivity index (χ4n) is 1.74. The van der Waals surface area contributed by atoms with Crippen LogP contribution in [0.1, 0.15) is 5.56 Å². The second-order valence-electron chi connectivity index (χ2n) is 3.87. The molecule has 0 fully saturated rings. The fourth-order valence-corrected chi connectivity index (χ4v) is 1.74. The van der Waals surface area contributed by atoms with E-state index in [2.05, 4.69) is 15.8 Å². The van der Waals surface area contributed by atoms with Gasteiger partial charge < -0.3 is 5.11 Å². The minimum Gasteiger partial charge on any atom is -0.508 e. The lowest BCUT2D eigenvalue weighted by Gasteiger charge is -2.18. The van der Waals surface area contributed by atoms with Crippen LogP contribution in [0.3, 0.4) is 0 Å². The zero-order chi connectivity index (χ0) is 12.4. The monoisotopic (exact) mass is 240 g/mol. The van der Waals surface area contributed by atoms with Crippen LogP contribution in [0, 0.1) is 0 Å². The van der Waals surface area contributed by atoms with Crippen molar-refractivity contribution in [2.75, 3.05) is 5.12 Å². The van der Waals surface area contributed by atoms with Gasteiger partial charge in [0.15, 0.2) is 5.82 Å². The highest BCUT2D eigenvalue weighted by Crippen LogP contribution is 2.20. The van der Waals surface area contributed by atoms with E-state index in [4.69, 9.17) is 0 Å². The van der Waals surface area contributed by atoms with Crippen molar-refractivity contribution in [3.63, 3.8) is 0 Å². The van der Waals surface area contributed by atoms with E-state index in [1.54, 1.807) is 29.5 Å². The van der Waals surface area contributed by atoms with Crippen LogP contribution in [0.2, 0.25) is 0 Å². The number of phenolic OH excluding ortho intramolecular Hbond substituents is 1. The maximum Gasteiger partial charge on any atom is 0.169 e. The van der Waals surface area contributed by atoms with Crippen molar-refractivity contribution >= 4 is 11.5 Å². The zero-order valence-corrected chi connectivity index (χ0v) is 9.54. The summed E-state index contributed by atoms with van der Waals surface area (Å²) < 4.78 is 0. The van der Waals surface area contributed by atoms with Crippen molar-refractivity contribution in [2.24, 2.45) is 0 Å². The smallest absolute Gasteiger partial charge is 0.169 e. The Bertz CT molecular complexity index is 583. The highest BCUT2D eigenvalue weighted by molar-refractivity contribution is 5.68. The average molecular weight is 240 g/mol. The predicted molar refractivity (Wildman–Crippen MR) is 69.1 cm³/mol. The first-order valence-electron chi connectivity index (χ1n) is 5.56. The standard InChI is InChI=1S/C13H12N4O/c18-11-5-3-4-10(8-11)12-9-15-17(16-12)13-6-1-2-7-14-13/h1-9,15-16,18H. The Morgan fingerprint density at radius 2 is 2.06 bits per heavy atom. The topological polar surface area (TPSA) is 60.4 Å². The van der Waals surface area contributed by atoms with Gasteiger partial charge >= 0.3 is 0 Å². The van der Waals surface area contributed by atoms with Crippen molar-refractivity contribution in [2.45, 2.75) is 0 Å². The Hall–Kier alpha value is -2.69. The van der Waals surface area contributed by atoms with Crippen molar-refractivity contribution in [1.82, 2.24) is 15.8 Å². The van der Waals surface area contributed by atoms with E-state index in [0.29, 0.717) is 0 Å². The molecule has 3 N–H and O–H groups in total. The summed E-state index contributed by atoms with van der Waals surface area (Å²) in [4.78, 5) is 4.22. The molecule has 0 amide bonds. The molecule has 0 bridgehead atoms. The molecule has 5 heteroatoms. The fraction of sp³-hybridized carbons (Fsp3) is 0. The van der Waals surface area contributed by atoms with Crippen LogP contribution >= 0.6 is 0 Å². The molecule has 18 heavy (non-hydrogen) atoms. The zero-order valence-electron chi connectivity index (χ0n) is 9.54. The summed E-state index contributed by atoms with van der Waals surface area (Å²) in [6.45, 7) is 0. The van der Waals surface area contributed by atoms with E-state index in [9.17, 15) is 5.11 Å². The van der Waals surface area contributed by atoms with Gasteiger partial charge in [-0.3, -0.25) is 10.9 Å². The Morgan fingerprint density at radius 3 is 2.83 bits per heavy atom. The van der Waals surface area contributed by atoms with E-state index < -0.39 is 0 Å². The number of nitrogens with zero attached hydrogens (tertiary/aromatic N) is 2. The highest BCUT2D eigenvalue weighted by Gasteiger charge is 2.15. The molecule has 1 aliphatic heterocycles. The molecule has 0 spiro atoms. The van der Waals surface area contributed by atoms with Gasteiger partial charge in [0.2, 0.25) is 0 Å². The number of benzene rings is 1. The molecule has 0 atom stereocenters. The number of anilines is 1. The first-order valence-corrected chi connectivity index (χ1v) is 5.56. The molecule has 0 unspecified atom stereocenters. The van der Waals surface area contributed by atoms with Crippen LogP contribution in [0.4, 0.5) is 5.82 Å². The number of phenols is 1. The Kier molecular flexibility index (Phi) is 2.49. The number of pyridine rings is 1. The van der Waals surface area contributed by atoms with Crippen LogP contribution in [0.15, 0.2) is 54.9 Å². The lowest BCUT2D eigenvalue weighted by atomic mass is 10.1. The molecule has 1 aromatic carbocycles. The van der Waals surface area contributed by atoms with Gasteiger partial charge in [-0.15, -0.1) is 0 Å². The SMILES string of the molecule is Oc1cccc(C2=CNN(c3ccccn3)N2)c1. The number of hydrazine groups is 2. The maximum atomic E-state index is 9.45. The highest BCUT2D eigenvalue weighted by atomic mass is 16.3. The quantitative estimate of drug-likeness (QED) is 0.744. The molecule has 2 heterocycles. The molecule has 0 saturated carbocycles. The van der Waals surface area contributed by atoms with Gasteiger partial charge in [-0.1, -0.05) is 18.2 Å². The third kappa shape index (κ3) is 1.93. The molecule has 3 rings (SSSR count). The molecule has 90 valence electrons. The van der Waals surface area contributed by atoms with Gasteiger partial charge in [0, 0.05) is 18.0 Å². The third-order valence-corrected chi connectivity index (χ3v) is 2.61. The Morgan fingerprint density at radius 1 is 1.11 bits per heavy atom. The number of aromatic nitrogens is 1. The molecule has 0 aliphatic carbocycles. The number of aromatic hydroxyl groups is 1. The summed E-state index contributed by atoms with van der Waals surface area (Å²) in [5.74, 6) is 1.01. The van der Waals surface area contributed by atoms with Crippen molar-refractivity contribution in [1.29, 1.82) is 0 Å². The molecule has 2 aromatic rings. The Balaban J connectivity index is 1.79. The average Bonchev–Trinajstić information content (AvgIpc) is 2.89. The first kappa shape index (κ1) is 10.5. The second kappa shape index (κ2) is 4.29. The number of hydrogen-bond donors (Lipinski definition) is 3. The van der Waals surface area contributed by atoms with Crippen molar-refractivity contribution in [3.8, 4) is 5.75 Å². The first-order chi connectivity index (χ1) is 8.83. The largest absolute Gasteiger partial charge is 0.508 e. The number of rotatable bonds is 2. The number of nitrogens with one attached hydrogen (secondary N) is 2. The minimum atomic E-state index is 0.242. The lowest BCUT2D eigenvalue weighted by molar-refractivity contribution is 0.475. The van der Waals surface area contributed by atoms with E-state index >= 15 is 0 Å². The van der Waals surface area contributed by atoms with Crippen LogP contribution < -0.4 is 16.0 Å². The molecular weight excluding hydrogens is 228 g/mol. The summed E-state index contributed by atoms with van der Waals surface area (Å²) >= 11 is 0. The van der Waals surface area contributed by atoms with Gasteiger partial charge in [0.1, 0.15) is 5.75 Å². The summed E-state index contributed by atoms with van der Waals surface area (Å²) in [7, 11) is 0. The predicted octanol–water partition coefficient (Wildman–Crippen LogP) is 1.61. The van der Waals surface area contributed by atoms with Crippen LogP contribution in [-0.4, -0.2) is 10.1 Å². The van der Waals surface area contributed by atoms with Crippen LogP contribution in [0.5, 0.6) is 5.75 Å². The van der Waals surface area contributed by atoms with E-state index in [1.807, 2.05) is 30.5 Å². The lowest BCUT2D eigenvalue weighted by Crippen LogP contribution is -2.39. The molecule has 1 aromatic heterocycles. The van der Waals surface area contributed by atoms with E-state index in [0.717, 1.165) is 17.1 Å². The minimum absolute atomic E-state index is 0.242. The van der Waals surface area contributed by atoms with Gasteiger partial charge in [-0.2, -0.15) is 5.12 Å². The van der Waals surface area contributed by atoms with Gasteiger partial charge in [0.25, 0.3) is 0 Å². The van der Waals surface area contributed by atoms with E-state index in [1.165, 1.54) is 0 Å². The summed E-state index contributed by atoms with van der Waals surface area (Å²) in [6.07, 6.45) is 3.55. The summed E-state index contributed by atoms with van der Waals surface area (Å²) in [5, 5.41) is 11.2. The van der Waals surface area contributed by atoms with Crippen molar-refractivity contribution in [3.05, 3.63) is 60.4 Å². The van der Waals surface area contributed by atoms with Gasteiger partial charge in [0.05, 0.1) is 5.70 Å². The number of hydrogen-bond acceptors (Lipinski definition) is 5. The molecular formula is C13H12N4O. The van der Waals surface area contributed by atoms with E-state index in [-0.39, 0.29) is 5.75 Å². The maximum absolute atomic E-state index is 9.45. The summed E-state index contributed by atoms with van der Waals surface area (Å²) in [5.41, 5.74) is 7.99. The normalized spacial score (nSPS) is 13.8. The summed E-state index contributed by atoms with van der Waals surface area (Å²) in [6, 6.07) is 12.7. The third-order valence-electron chi connectivity index (χ3n) is 2.61. The molecule has 5 nitrogen and oxygen atoms in total. The molecule has 0 saturated heterocycles. The van der Waals surface area contributed by atoms with Gasteiger partial charge in [-0.05, 0) is 24.3 Å². The van der Waals surface area contributed by atoms with Crippen molar-refractivity contribution < 1.29 is 5.11 Å². The second-order valence-corrected chi connectivity index (χ2v) is 3.87. The van der Waals surface area contributed by atoms with Crippen LogP contribution in [-0.2, 0) is 0 Å². The van der Waals surface area contributed by atoms with Crippen LogP contribution in [0.25, 0.3) is 5.70 Å². The molecule has 0 radical (unpaired) electrons. The Labute approximate surface area is 104 Å². The molecule has 1 aliphatic rings.